The first-order chi connectivity index (χ1) is 14.3. The highest BCUT2D eigenvalue weighted by Crippen LogP contribution is 2.41. The summed E-state index contributed by atoms with van der Waals surface area (Å²) in [5.74, 6) is 0.652. The van der Waals surface area contributed by atoms with Crippen LogP contribution in [0.3, 0.4) is 0 Å². The van der Waals surface area contributed by atoms with E-state index in [4.69, 9.17) is 4.99 Å². The fourth-order valence-electron chi connectivity index (χ4n) is 5.06. The van der Waals surface area contributed by atoms with Gasteiger partial charge in [-0.05, 0) is 49.2 Å². The SMILES string of the molecule is OC(N=C1C2CCN(CC2)C1C(c1ccccc1)c1ccccc1)c1ccc[nH]1. The van der Waals surface area contributed by atoms with Gasteiger partial charge in [-0.25, -0.2) is 0 Å². The van der Waals surface area contributed by atoms with Gasteiger partial charge in [-0.15, -0.1) is 0 Å². The molecule has 2 N–H and O–H groups in total. The number of hydrogen-bond acceptors (Lipinski definition) is 3. The Morgan fingerprint density at radius 2 is 1.48 bits per heavy atom. The van der Waals surface area contributed by atoms with Crippen molar-refractivity contribution in [2.75, 3.05) is 13.1 Å². The monoisotopic (exact) mass is 385 g/mol. The van der Waals surface area contributed by atoms with E-state index in [1.54, 1.807) is 0 Å². The topological polar surface area (TPSA) is 51.6 Å². The number of aliphatic hydroxyl groups excluding tert-OH is 1. The second-order valence-corrected chi connectivity index (χ2v) is 8.11. The van der Waals surface area contributed by atoms with Crippen LogP contribution in [0.15, 0.2) is 84.0 Å². The molecule has 0 aliphatic carbocycles. The van der Waals surface area contributed by atoms with Crippen LogP contribution in [0.2, 0.25) is 0 Å². The van der Waals surface area contributed by atoms with Gasteiger partial charge in [0.2, 0.25) is 0 Å². The van der Waals surface area contributed by atoms with Crippen molar-refractivity contribution in [3.63, 3.8) is 0 Å². The van der Waals surface area contributed by atoms with Crippen LogP contribution in [0.1, 0.15) is 41.8 Å². The van der Waals surface area contributed by atoms with Crippen LogP contribution >= 0.6 is 0 Å². The van der Waals surface area contributed by atoms with Gasteiger partial charge >= 0.3 is 0 Å². The number of fused-ring (bicyclic) bond motifs is 3. The molecule has 4 heterocycles. The Morgan fingerprint density at radius 3 is 2.03 bits per heavy atom. The van der Waals surface area contributed by atoms with Crippen LogP contribution in [-0.4, -0.2) is 39.8 Å². The van der Waals surface area contributed by atoms with Crippen LogP contribution in [0.25, 0.3) is 0 Å². The summed E-state index contributed by atoms with van der Waals surface area (Å²) in [6, 6.07) is 25.5. The molecule has 2 aromatic carbocycles. The molecule has 3 saturated heterocycles. The van der Waals surface area contributed by atoms with Gasteiger partial charge in [0.05, 0.1) is 11.7 Å². The summed E-state index contributed by atoms with van der Waals surface area (Å²) < 4.78 is 0. The number of nitrogens with one attached hydrogen (secondary N) is 1. The van der Waals surface area contributed by atoms with Gasteiger partial charge in [0, 0.05) is 23.7 Å². The molecule has 2 unspecified atom stereocenters. The molecule has 1 aromatic heterocycles. The van der Waals surface area contributed by atoms with Crippen molar-refractivity contribution >= 4 is 5.71 Å². The smallest absolute Gasteiger partial charge is 0.186 e. The molecular formula is C25H27N3O. The number of aromatic nitrogens is 1. The van der Waals surface area contributed by atoms with E-state index in [9.17, 15) is 5.11 Å². The van der Waals surface area contributed by atoms with E-state index < -0.39 is 6.23 Å². The summed E-state index contributed by atoms with van der Waals surface area (Å²) in [7, 11) is 0. The van der Waals surface area contributed by atoms with E-state index in [0.717, 1.165) is 37.3 Å². The van der Waals surface area contributed by atoms with Crippen molar-refractivity contribution in [3.05, 3.63) is 95.8 Å². The predicted octanol–water partition coefficient (Wildman–Crippen LogP) is 4.37. The summed E-state index contributed by atoms with van der Waals surface area (Å²) in [6.07, 6.45) is 3.26. The zero-order chi connectivity index (χ0) is 19.6. The van der Waals surface area contributed by atoms with Gasteiger partial charge < -0.3 is 10.1 Å². The molecule has 0 spiro atoms. The third kappa shape index (κ3) is 3.54. The van der Waals surface area contributed by atoms with Gasteiger partial charge in [0.25, 0.3) is 0 Å². The number of nitrogens with zero attached hydrogens (tertiary/aromatic N) is 2. The Morgan fingerprint density at radius 1 is 0.862 bits per heavy atom. The molecule has 2 atom stereocenters. The second kappa shape index (κ2) is 7.97. The molecular weight excluding hydrogens is 358 g/mol. The summed E-state index contributed by atoms with van der Waals surface area (Å²) >= 11 is 0. The number of piperidine rings is 3. The Balaban J connectivity index is 1.61. The Labute approximate surface area is 171 Å². The van der Waals surface area contributed by atoms with Gasteiger partial charge in [-0.2, -0.15) is 0 Å². The van der Waals surface area contributed by atoms with Gasteiger partial charge in [0.15, 0.2) is 6.23 Å². The lowest BCUT2D eigenvalue weighted by atomic mass is 9.72. The number of H-pyrrole nitrogens is 1. The zero-order valence-corrected chi connectivity index (χ0v) is 16.5. The van der Waals surface area contributed by atoms with E-state index in [2.05, 4.69) is 70.5 Å². The summed E-state index contributed by atoms with van der Waals surface area (Å²) in [5.41, 5.74) is 4.52. The maximum absolute atomic E-state index is 10.8. The molecule has 3 aliphatic heterocycles. The molecule has 6 rings (SSSR count). The molecule has 3 aliphatic rings. The Kier molecular flexibility index (Phi) is 5.04. The maximum atomic E-state index is 10.8. The van der Waals surface area contributed by atoms with Crippen LogP contribution < -0.4 is 0 Å². The lowest BCUT2D eigenvalue weighted by Gasteiger charge is -2.49. The Bertz CT molecular complexity index is 905. The van der Waals surface area contributed by atoms with Crippen molar-refractivity contribution in [1.82, 2.24) is 9.88 Å². The predicted molar refractivity (Wildman–Crippen MR) is 116 cm³/mol. The highest BCUT2D eigenvalue weighted by atomic mass is 16.3. The molecule has 0 saturated carbocycles. The molecule has 2 bridgehead atoms. The molecule has 0 amide bonds. The van der Waals surface area contributed by atoms with Crippen molar-refractivity contribution in [2.24, 2.45) is 10.9 Å². The van der Waals surface area contributed by atoms with E-state index in [1.807, 2.05) is 18.3 Å². The summed E-state index contributed by atoms with van der Waals surface area (Å²) in [4.78, 5) is 10.6. The largest absolute Gasteiger partial charge is 0.367 e. The number of aromatic amines is 1. The van der Waals surface area contributed by atoms with Crippen LogP contribution in [-0.2, 0) is 0 Å². The lowest BCUT2D eigenvalue weighted by Crippen LogP contribution is -2.58. The molecule has 4 heteroatoms. The highest BCUT2D eigenvalue weighted by Gasteiger charge is 2.44. The first-order valence-electron chi connectivity index (χ1n) is 10.5. The first kappa shape index (κ1) is 18.3. The summed E-state index contributed by atoms with van der Waals surface area (Å²) in [6.45, 7) is 2.20. The highest BCUT2D eigenvalue weighted by molar-refractivity contribution is 5.94. The standard InChI is InChI=1S/C25H27N3O/c29-25(21-12-7-15-26-21)27-23-20-13-16-28(17-14-20)24(23)22(18-8-3-1-4-9-18)19-10-5-2-6-11-19/h1-12,15,20,22,24-26,29H,13-14,16-17H2. The summed E-state index contributed by atoms with van der Waals surface area (Å²) in [5, 5.41) is 10.8. The van der Waals surface area contributed by atoms with Gasteiger partial charge in [-0.3, -0.25) is 9.89 Å². The van der Waals surface area contributed by atoms with E-state index >= 15 is 0 Å². The minimum Gasteiger partial charge on any atom is -0.367 e. The molecule has 3 fully saturated rings. The van der Waals surface area contributed by atoms with Crippen molar-refractivity contribution in [3.8, 4) is 0 Å². The molecule has 4 nitrogen and oxygen atoms in total. The van der Waals surface area contributed by atoms with E-state index in [1.165, 1.54) is 11.1 Å². The lowest BCUT2D eigenvalue weighted by molar-refractivity contribution is 0.128. The number of rotatable bonds is 5. The van der Waals surface area contributed by atoms with Gasteiger partial charge in [0.1, 0.15) is 0 Å². The number of aliphatic imine (C=N–C) groups is 1. The number of hydrogen-bond donors (Lipinski definition) is 2. The minimum atomic E-state index is -0.838. The quantitative estimate of drug-likeness (QED) is 0.685. The second-order valence-electron chi connectivity index (χ2n) is 8.11. The van der Waals surface area contributed by atoms with Crippen LogP contribution in [0, 0.1) is 5.92 Å². The Hall–Kier alpha value is -2.69. The van der Waals surface area contributed by atoms with Crippen LogP contribution in [0.4, 0.5) is 0 Å². The fraction of sp³-hybridized carbons (Fsp3) is 0.320. The van der Waals surface area contributed by atoms with Crippen molar-refractivity contribution in [2.45, 2.75) is 31.0 Å². The van der Waals surface area contributed by atoms with Gasteiger partial charge in [-0.1, -0.05) is 60.7 Å². The van der Waals surface area contributed by atoms with Crippen molar-refractivity contribution < 1.29 is 5.11 Å². The number of aliphatic hydroxyl groups is 1. The number of benzene rings is 2. The zero-order valence-electron chi connectivity index (χ0n) is 16.5. The third-order valence-electron chi connectivity index (χ3n) is 6.45. The van der Waals surface area contributed by atoms with Crippen LogP contribution in [0.5, 0.6) is 0 Å². The first-order valence-corrected chi connectivity index (χ1v) is 10.5. The van der Waals surface area contributed by atoms with E-state index in [-0.39, 0.29) is 12.0 Å². The molecule has 0 radical (unpaired) electrons. The van der Waals surface area contributed by atoms with E-state index in [0.29, 0.717) is 5.92 Å². The molecule has 3 aromatic rings. The normalized spacial score (nSPS) is 26.1. The maximum Gasteiger partial charge on any atom is 0.186 e. The minimum absolute atomic E-state index is 0.178. The average molecular weight is 386 g/mol. The third-order valence-corrected chi connectivity index (χ3v) is 6.45. The average Bonchev–Trinajstić information content (AvgIpc) is 3.33. The fourth-order valence-corrected chi connectivity index (χ4v) is 5.06. The molecule has 148 valence electrons. The molecule has 29 heavy (non-hydrogen) atoms. The van der Waals surface area contributed by atoms with Crippen molar-refractivity contribution in [1.29, 1.82) is 0 Å².